The van der Waals surface area contributed by atoms with E-state index in [0.29, 0.717) is 5.75 Å². The Morgan fingerprint density at radius 2 is 1.78 bits per heavy atom. The van der Waals surface area contributed by atoms with Gasteiger partial charge in [-0.2, -0.15) is 0 Å². The average molecular weight is 141 g/mol. The molecular formula is C7H6FS. The predicted molar refractivity (Wildman–Crippen MR) is 37.7 cm³/mol. The fourth-order valence-corrected chi connectivity index (χ4v) is 0.773. The van der Waals surface area contributed by atoms with Gasteiger partial charge in [-0.25, -0.2) is 4.39 Å². The van der Waals surface area contributed by atoms with Crippen LogP contribution in [0, 0.1) is 5.82 Å². The minimum absolute atomic E-state index is 0.206. The molecule has 1 aromatic rings. The van der Waals surface area contributed by atoms with Crippen LogP contribution in [-0.4, -0.2) is 0 Å². The summed E-state index contributed by atoms with van der Waals surface area (Å²) in [6.45, 7) is 0. The van der Waals surface area contributed by atoms with Crippen LogP contribution in [0.3, 0.4) is 0 Å². The lowest BCUT2D eigenvalue weighted by Gasteiger charge is -1.91. The highest BCUT2D eigenvalue weighted by atomic mass is 32.1. The van der Waals surface area contributed by atoms with Crippen LogP contribution >= 0.6 is 12.6 Å². The third-order valence-corrected chi connectivity index (χ3v) is 1.41. The summed E-state index contributed by atoms with van der Waals surface area (Å²) in [5.41, 5.74) is 0.992. The lowest BCUT2D eigenvalue weighted by Crippen LogP contribution is -1.76. The first kappa shape index (κ1) is 6.62. The number of hydrogen-bond donors (Lipinski definition) is 0. The Bertz CT molecular complexity index is 181. The quantitative estimate of drug-likeness (QED) is 0.563. The Morgan fingerprint density at radius 3 is 2.22 bits per heavy atom. The normalized spacial score (nSPS) is 9.56. The lowest BCUT2D eigenvalue weighted by molar-refractivity contribution is 0.627. The van der Waals surface area contributed by atoms with E-state index in [-0.39, 0.29) is 5.82 Å². The first-order chi connectivity index (χ1) is 4.33. The van der Waals surface area contributed by atoms with Gasteiger partial charge in [-0.05, 0) is 17.7 Å². The molecule has 0 aliphatic heterocycles. The highest BCUT2D eigenvalue weighted by molar-refractivity contribution is 7.79. The van der Waals surface area contributed by atoms with Crippen LogP contribution < -0.4 is 0 Å². The van der Waals surface area contributed by atoms with E-state index in [1.54, 1.807) is 12.1 Å². The van der Waals surface area contributed by atoms with Gasteiger partial charge in [-0.15, -0.1) is 0 Å². The predicted octanol–water partition coefficient (Wildman–Crippen LogP) is 2.52. The fourth-order valence-electron chi connectivity index (χ4n) is 0.581. The zero-order valence-electron chi connectivity index (χ0n) is 4.80. The Morgan fingerprint density at radius 1 is 1.22 bits per heavy atom. The molecule has 0 bridgehead atoms. The maximum atomic E-state index is 12.2. The summed E-state index contributed by atoms with van der Waals surface area (Å²) >= 11 is 4.74. The van der Waals surface area contributed by atoms with E-state index in [9.17, 15) is 4.39 Å². The van der Waals surface area contributed by atoms with E-state index in [1.807, 2.05) is 0 Å². The standard InChI is InChI=1S/C7H6FS/c8-7-3-1-6(5-9)2-4-7/h1-4H,5H2. The zero-order chi connectivity index (χ0) is 6.69. The maximum absolute atomic E-state index is 12.2. The molecule has 1 aromatic carbocycles. The van der Waals surface area contributed by atoms with E-state index in [2.05, 4.69) is 0 Å². The summed E-state index contributed by atoms with van der Waals surface area (Å²) in [5.74, 6) is 0.350. The van der Waals surface area contributed by atoms with E-state index in [0.717, 1.165) is 5.56 Å². The molecule has 0 fully saturated rings. The van der Waals surface area contributed by atoms with Gasteiger partial charge in [-0.1, -0.05) is 24.8 Å². The van der Waals surface area contributed by atoms with Crippen LogP contribution in [0.4, 0.5) is 4.39 Å². The molecule has 0 spiro atoms. The van der Waals surface area contributed by atoms with Crippen molar-refractivity contribution in [3.05, 3.63) is 35.6 Å². The van der Waals surface area contributed by atoms with E-state index >= 15 is 0 Å². The third kappa shape index (κ3) is 1.72. The van der Waals surface area contributed by atoms with Crippen molar-refractivity contribution in [1.82, 2.24) is 0 Å². The van der Waals surface area contributed by atoms with Crippen molar-refractivity contribution in [1.29, 1.82) is 0 Å². The Labute approximate surface area is 59.1 Å². The van der Waals surface area contributed by atoms with Crippen LogP contribution in [0.25, 0.3) is 0 Å². The molecule has 0 aromatic heterocycles. The molecule has 0 saturated heterocycles. The van der Waals surface area contributed by atoms with Crippen LogP contribution in [-0.2, 0) is 5.75 Å². The van der Waals surface area contributed by atoms with Crippen molar-refractivity contribution in [2.45, 2.75) is 5.75 Å². The Kier molecular flexibility index (Phi) is 2.11. The number of benzene rings is 1. The monoisotopic (exact) mass is 141 g/mol. The van der Waals surface area contributed by atoms with Gasteiger partial charge < -0.3 is 0 Å². The molecular weight excluding hydrogens is 135 g/mol. The van der Waals surface area contributed by atoms with Gasteiger partial charge >= 0.3 is 0 Å². The maximum Gasteiger partial charge on any atom is 0.123 e. The molecule has 0 nitrogen and oxygen atoms in total. The summed E-state index contributed by atoms with van der Waals surface area (Å²) in [6, 6.07) is 6.23. The van der Waals surface area contributed by atoms with Crippen LogP contribution in [0.1, 0.15) is 5.56 Å². The summed E-state index contributed by atoms with van der Waals surface area (Å²) in [7, 11) is 0. The van der Waals surface area contributed by atoms with Gasteiger partial charge in [0.15, 0.2) is 0 Å². The van der Waals surface area contributed by atoms with Crippen molar-refractivity contribution in [3.8, 4) is 0 Å². The third-order valence-electron chi connectivity index (χ3n) is 1.08. The van der Waals surface area contributed by atoms with Crippen molar-refractivity contribution in [2.75, 3.05) is 0 Å². The van der Waals surface area contributed by atoms with Crippen LogP contribution in [0.15, 0.2) is 24.3 Å². The van der Waals surface area contributed by atoms with Crippen LogP contribution in [0.2, 0.25) is 0 Å². The Balaban J connectivity index is 2.88. The van der Waals surface area contributed by atoms with Gasteiger partial charge in [0.1, 0.15) is 5.82 Å². The van der Waals surface area contributed by atoms with Gasteiger partial charge in [0, 0.05) is 5.75 Å². The summed E-state index contributed by atoms with van der Waals surface area (Å²) in [6.07, 6.45) is 0. The number of halogens is 1. The van der Waals surface area contributed by atoms with Gasteiger partial charge in [-0.3, -0.25) is 0 Å². The highest BCUT2D eigenvalue weighted by Gasteiger charge is 1.88. The SMILES string of the molecule is Fc1ccc(C[S])cc1. The Hall–Kier alpha value is -0.500. The largest absolute Gasteiger partial charge is 0.207 e. The van der Waals surface area contributed by atoms with Crippen molar-refractivity contribution < 1.29 is 4.39 Å². The minimum atomic E-state index is -0.206. The molecule has 0 heterocycles. The molecule has 0 atom stereocenters. The molecule has 0 aliphatic rings. The first-order valence-electron chi connectivity index (χ1n) is 2.65. The molecule has 9 heavy (non-hydrogen) atoms. The molecule has 1 radical (unpaired) electrons. The summed E-state index contributed by atoms with van der Waals surface area (Å²) in [4.78, 5) is 0. The average Bonchev–Trinajstić information content (AvgIpc) is 1.90. The van der Waals surface area contributed by atoms with E-state index < -0.39 is 0 Å². The molecule has 0 N–H and O–H groups in total. The lowest BCUT2D eigenvalue weighted by atomic mass is 10.2. The number of rotatable bonds is 1. The molecule has 0 aliphatic carbocycles. The smallest absolute Gasteiger partial charge is 0.123 e. The molecule has 1 rings (SSSR count). The van der Waals surface area contributed by atoms with Gasteiger partial charge in [0.2, 0.25) is 0 Å². The summed E-state index contributed by atoms with van der Waals surface area (Å²) in [5, 5.41) is 0. The minimum Gasteiger partial charge on any atom is -0.207 e. The topological polar surface area (TPSA) is 0 Å². The van der Waals surface area contributed by atoms with E-state index in [4.69, 9.17) is 12.6 Å². The van der Waals surface area contributed by atoms with Crippen LogP contribution in [0.5, 0.6) is 0 Å². The second-order valence-electron chi connectivity index (χ2n) is 1.77. The second kappa shape index (κ2) is 2.87. The van der Waals surface area contributed by atoms with Crippen molar-refractivity contribution >= 4 is 12.6 Å². The molecule has 0 amide bonds. The molecule has 47 valence electrons. The fraction of sp³-hybridized carbons (Fsp3) is 0.143. The first-order valence-corrected chi connectivity index (χ1v) is 3.23. The van der Waals surface area contributed by atoms with Crippen molar-refractivity contribution in [3.63, 3.8) is 0 Å². The molecule has 2 heteroatoms. The van der Waals surface area contributed by atoms with Crippen molar-refractivity contribution in [2.24, 2.45) is 0 Å². The molecule has 0 saturated carbocycles. The van der Waals surface area contributed by atoms with E-state index in [1.165, 1.54) is 12.1 Å². The number of hydrogen-bond acceptors (Lipinski definition) is 0. The summed E-state index contributed by atoms with van der Waals surface area (Å²) < 4.78 is 12.2. The van der Waals surface area contributed by atoms with Gasteiger partial charge in [0.05, 0.1) is 0 Å². The highest BCUT2D eigenvalue weighted by Crippen LogP contribution is 2.04. The van der Waals surface area contributed by atoms with Gasteiger partial charge in [0.25, 0.3) is 0 Å². The second-order valence-corrected chi connectivity index (χ2v) is 2.06. The zero-order valence-corrected chi connectivity index (χ0v) is 5.62. The molecule has 0 unspecified atom stereocenters.